The number of unbranched alkanes of at least 4 members (excludes halogenated alkanes) is 8. The maximum absolute atomic E-state index is 12.4. The number of benzene rings is 1. The minimum absolute atomic E-state index is 0.125. The Morgan fingerprint density at radius 1 is 0.889 bits per heavy atom. The number of allylic oxidation sites excluding steroid dienone is 1. The van der Waals surface area contributed by atoms with Gasteiger partial charge in [0.05, 0.1) is 7.11 Å². The van der Waals surface area contributed by atoms with Gasteiger partial charge in [-0.15, -0.1) is 0 Å². The van der Waals surface area contributed by atoms with E-state index in [0.717, 1.165) is 69.8 Å². The Hall–Kier alpha value is -2.89. The lowest BCUT2D eigenvalue weighted by Gasteiger charge is -2.15. The summed E-state index contributed by atoms with van der Waals surface area (Å²) in [4.78, 5) is 34.5. The molecule has 36 heavy (non-hydrogen) atoms. The van der Waals surface area contributed by atoms with E-state index in [4.69, 9.17) is 9.47 Å². The molecule has 0 aliphatic carbocycles. The number of carbonyl (C=O) groups excluding carboxylic acids is 3. The highest BCUT2D eigenvalue weighted by atomic mass is 16.5. The van der Waals surface area contributed by atoms with Crippen LogP contribution in [-0.2, 0) is 23.9 Å². The van der Waals surface area contributed by atoms with Crippen LogP contribution in [0.4, 0.5) is 0 Å². The molecule has 0 spiro atoms. The SMILES string of the molecule is CCCCCC[C@H](C/C=C\CCCCCCCC(=O)OC)OC(=O)/C=C/c1ccc(OC(C)=O)cc1. The van der Waals surface area contributed by atoms with E-state index in [0.29, 0.717) is 12.2 Å². The molecule has 0 bridgehead atoms. The van der Waals surface area contributed by atoms with Crippen LogP contribution >= 0.6 is 0 Å². The number of hydrogen-bond donors (Lipinski definition) is 0. The molecule has 0 N–H and O–H groups in total. The summed E-state index contributed by atoms with van der Waals surface area (Å²) in [7, 11) is 1.43. The normalized spacial score (nSPS) is 12.1. The fourth-order valence-corrected chi connectivity index (χ4v) is 3.73. The van der Waals surface area contributed by atoms with Crippen molar-refractivity contribution in [3.05, 3.63) is 48.1 Å². The summed E-state index contributed by atoms with van der Waals surface area (Å²) in [5, 5.41) is 0. The maximum atomic E-state index is 12.4. The highest BCUT2D eigenvalue weighted by Crippen LogP contribution is 2.16. The highest BCUT2D eigenvalue weighted by molar-refractivity contribution is 5.87. The van der Waals surface area contributed by atoms with Crippen molar-refractivity contribution in [3.8, 4) is 5.75 Å². The average molecular weight is 501 g/mol. The number of hydrogen-bond acceptors (Lipinski definition) is 6. The van der Waals surface area contributed by atoms with Gasteiger partial charge in [-0.25, -0.2) is 4.79 Å². The van der Waals surface area contributed by atoms with E-state index in [-0.39, 0.29) is 24.0 Å². The second-order valence-corrected chi connectivity index (χ2v) is 8.99. The second-order valence-electron chi connectivity index (χ2n) is 8.99. The Morgan fingerprint density at radius 3 is 2.28 bits per heavy atom. The lowest BCUT2D eigenvalue weighted by atomic mass is 10.1. The fraction of sp³-hybridized carbons (Fsp3) is 0.567. The molecule has 1 rings (SSSR count). The van der Waals surface area contributed by atoms with Crippen LogP contribution in [-0.4, -0.2) is 31.1 Å². The summed E-state index contributed by atoms with van der Waals surface area (Å²) in [6, 6.07) is 6.95. The van der Waals surface area contributed by atoms with E-state index in [2.05, 4.69) is 23.8 Å². The van der Waals surface area contributed by atoms with Gasteiger partial charge in [0.1, 0.15) is 11.9 Å². The van der Waals surface area contributed by atoms with Gasteiger partial charge in [0.25, 0.3) is 0 Å². The van der Waals surface area contributed by atoms with Crippen molar-refractivity contribution in [1.29, 1.82) is 0 Å². The molecule has 0 aromatic heterocycles. The molecule has 1 aromatic rings. The first kappa shape index (κ1) is 31.1. The van der Waals surface area contributed by atoms with Crippen molar-refractivity contribution in [2.75, 3.05) is 7.11 Å². The van der Waals surface area contributed by atoms with E-state index in [1.807, 2.05) is 0 Å². The van der Waals surface area contributed by atoms with Crippen LogP contribution < -0.4 is 4.74 Å². The molecule has 1 atom stereocenters. The molecule has 6 heteroatoms. The van der Waals surface area contributed by atoms with E-state index in [9.17, 15) is 14.4 Å². The zero-order chi connectivity index (χ0) is 26.4. The van der Waals surface area contributed by atoms with E-state index in [1.54, 1.807) is 30.3 Å². The molecule has 200 valence electrons. The average Bonchev–Trinajstić information content (AvgIpc) is 2.86. The predicted octanol–water partition coefficient (Wildman–Crippen LogP) is 7.36. The topological polar surface area (TPSA) is 78.9 Å². The summed E-state index contributed by atoms with van der Waals surface area (Å²) < 4.78 is 15.4. The minimum atomic E-state index is -0.367. The number of rotatable bonds is 19. The summed E-state index contributed by atoms with van der Waals surface area (Å²) in [6.45, 7) is 3.54. The van der Waals surface area contributed by atoms with Crippen LogP contribution in [0.3, 0.4) is 0 Å². The van der Waals surface area contributed by atoms with Gasteiger partial charge in [-0.2, -0.15) is 0 Å². The molecule has 0 saturated carbocycles. The summed E-state index contributed by atoms with van der Waals surface area (Å²) >= 11 is 0. The third kappa shape index (κ3) is 16.7. The van der Waals surface area contributed by atoms with Crippen LogP contribution in [0.2, 0.25) is 0 Å². The summed E-state index contributed by atoms with van der Waals surface area (Å²) in [6.07, 6.45) is 20.3. The van der Waals surface area contributed by atoms with Crippen LogP contribution in [0.15, 0.2) is 42.5 Å². The largest absolute Gasteiger partial charge is 0.469 e. The summed E-state index contributed by atoms with van der Waals surface area (Å²) in [5.41, 5.74) is 0.826. The number of carbonyl (C=O) groups is 3. The Morgan fingerprint density at radius 2 is 1.58 bits per heavy atom. The van der Waals surface area contributed by atoms with Gasteiger partial charge in [-0.3, -0.25) is 9.59 Å². The highest BCUT2D eigenvalue weighted by Gasteiger charge is 2.11. The van der Waals surface area contributed by atoms with E-state index < -0.39 is 0 Å². The summed E-state index contributed by atoms with van der Waals surface area (Å²) in [5.74, 6) is -0.374. The molecular weight excluding hydrogens is 456 g/mol. The number of methoxy groups -OCH3 is 1. The van der Waals surface area contributed by atoms with Gasteiger partial charge in [0, 0.05) is 25.8 Å². The Balaban J connectivity index is 2.41. The predicted molar refractivity (Wildman–Crippen MR) is 144 cm³/mol. The first-order valence-corrected chi connectivity index (χ1v) is 13.3. The molecule has 1 aromatic carbocycles. The minimum Gasteiger partial charge on any atom is -0.469 e. The van der Waals surface area contributed by atoms with Gasteiger partial charge in [-0.05, 0) is 55.9 Å². The maximum Gasteiger partial charge on any atom is 0.331 e. The van der Waals surface area contributed by atoms with Crippen molar-refractivity contribution in [1.82, 2.24) is 0 Å². The van der Waals surface area contributed by atoms with Crippen LogP contribution in [0.5, 0.6) is 5.75 Å². The number of esters is 3. The molecule has 0 heterocycles. The van der Waals surface area contributed by atoms with Gasteiger partial charge >= 0.3 is 17.9 Å². The Labute approximate surface area is 217 Å². The molecule has 0 radical (unpaired) electrons. The second kappa shape index (κ2) is 20.3. The fourth-order valence-electron chi connectivity index (χ4n) is 3.73. The molecule has 0 fully saturated rings. The molecule has 6 nitrogen and oxygen atoms in total. The van der Waals surface area contributed by atoms with E-state index in [1.165, 1.54) is 33.0 Å². The van der Waals surface area contributed by atoms with Gasteiger partial charge in [0.2, 0.25) is 0 Å². The van der Waals surface area contributed by atoms with E-state index >= 15 is 0 Å². The zero-order valence-corrected chi connectivity index (χ0v) is 22.3. The third-order valence-corrected chi connectivity index (χ3v) is 5.76. The van der Waals surface area contributed by atoms with Crippen molar-refractivity contribution >= 4 is 24.0 Å². The van der Waals surface area contributed by atoms with Gasteiger partial charge in [0.15, 0.2) is 0 Å². The van der Waals surface area contributed by atoms with Crippen molar-refractivity contribution < 1.29 is 28.6 Å². The van der Waals surface area contributed by atoms with Crippen LogP contribution in [0.1, 0.15) is 103 Å². The third-order valence-electron chi connectivity index (χ3n) is 5.76. The first-order valence-electron chi connectivity index (χ1n) is 13.3. The van der Waals surface area contributed by atoms with Gasteiger partial charge in [-0.1, -0.05) is 69.7 Å². The molecule has 0 amide bonds. The molecule has 0 unspecified atom stereocenters. The van der Waals surface area contributed by atoms with Crippen molar-refractivity contribution in [2.45, 2.75) is 103 Å². The van der Waals surface area contributed by atoms with Gasteiger partial charge < -0.3 is 14.2 Å². The lowest BCUT2D eigenvalue weighted by Crippen LogP contribution is -2.16. The van der Waals surface area contributed by atoms with Crippen LogP contribution in [0.25, 0.3) is 6.08 Å². The standard InChI is InChI=1S/C30H44O6/c1-4-5-6-13-16-27(17-14-11-9-7-8-10-12-15-18-29(32)34-3)36-30(33)24-21-26-19-22-28(23-20-26)35-25(2)31/h11,14,19-24,27H,4-10,12-13,15-18H2,1-3H3/b14-11-,24-21+/t27-/m1/s1. The van der Waals surface area contributed by atoms with Crippen LogP contribution in [0, 0.1) is 0 Å². The Kier molecular flexibility index (Phi) is 17.6. The first-order chi connectivity index (χ1) is 17.4. The molecule has 0 aliphatic heterocycles. The zero-order valence-electron chi connectivity index (χ0n) is 22.3. The molecule has 0 saturated heterocycles. The smallest absolute Gasteiger partial charge is 0.331 e. The van der Waals surface area contributed by atoms with Crippen molar-refractivity contribution in [2.24, 2.45) is 0 Å². The molecular formula is C30H44O6. The number of ether oxygens (including phenoxy) is 3. The Bertz CT molecular complexity index is 809. The molecule has 0 aliphatic rings. The monoisotopic (exact) mass is 500 g/mol. The lowest BCUT2D eigenvalue weighted by molar-refractivity contribution is -0.143. The quantitative estimate of drug-likeness (QED) is 0.0649. The van der Waals surface area contributed by atoms with Crippen molar-refractivity contribution in [3.63, 3.8) is 0 Å².